The van der Waals surface area contributed by atoms with Crippen LogP contribution in [-0.4, -0.2) is 4.98 Å². The number of halogens is 1. The minimum absolute atomic E-state index is 0.276. The molecule has 0 amide bonds. The minimum atomic E-state index is 0.276. The summed E-state index contributed by atoms with van der Waals surface area (Å²) in [6, 6.07) is 2.08. The molecule has 5 nitrogen and oxygen atoms in total. The number of pyridine rings is 1. The monoisotopic (exact) mass is 221 g/mol. The van der Waals surface area contributed by atoms with Crippen LogP contribution in [0.3, 0.4) is 0 Å². The van der Waals surface area contributed by atoms with E-state index in [-0.39, 0.29) is 5.82 Å². The molecular formula is C9H8ClN5. The maximum atomic E-state index is 9.02. The Balaban J connectivity index is 2.64. The van der Waals surface area contributed by atoms with Gasteiger partial charge in [-0.2, -0.15) is 10.8 Å². The molecule has 76 valence electrons. The summed E-state index contributed by atoms with van der Waals surface area (Å²) in [6.45, 7) is 0. The van der Waals surface area contributed by atoms with Gasteiger partial charge in [0, 0.05) is 0 Å². The van der Waals surface area contributed by atoms with Crippen molar-refractivity contribution in [1.82, 2.24) is 4.98 Å². The molecule has 0 spiro atoms. The Morgan fingerprint density at radius 1 is 1.47 bits per heavy atom. The Bertz CT molecular complexity index is 463. The predicted molar refractivity (Wildman–Crippen MR) is 54.8 cm³/mol. The molecule has 1 aliphatic carbocycles. The number of nitriles is 1. The summed E-state index contributed by atoms with van der Waals surface area (Å²) in [5, 5.41) is 12.4. The van der Waals surface area contributed by atoms with E-state index >= 15 is 0 Å². The highest BCUT2D eigenvalue weighted by atomic mass is 35.5. The quantitative estimate of drug-likeness (QED) is 0.457. The lowest BCUT2D eigenvalue weighted by Gasteiger charge is -2.08. The maximum Gasteiger partial charge on any atom is 0.167 e. The molecule has 2 N–H and O–H groups in total. The number of anilines is 1. The summed E-state index contributed by atoms with van der Waals surface area (Å²) in [7, 11) is 0. The number of rotatable bonds is 2. The van der Waals surface area contributed by atoms with Gasteiger partial charge in [0.05, 0.1) is 5.56 Å². The molecule has 0 radical (unpaired) electrons. The largest absolute Gasteiger partial charge is 0.242 e. The number of fused-ring (bicyclic) bond motifs is 1. The van der Waals surface area contributed by atoms with E-state index in [1.165, 1.54) is 0 Å². The third-order valence-corrected chi connectivity index (χ3v) is 2.80. The van der Waals surface area contributed by atoms with Crippen LogP contribution in [0, 0.1) is 16.9 Å². The van der Waals surface area contributed by atoms with Crippen molar-refractivity contribution in [2.75, 3.05) is 5.43 Å². The predicted octanol–water partition coefficient (Wildman–Crippen LogP) is 2.45. The van der Waals surface area contributed by atoms with Crippen molar-refractivity contribution in [2.24, 2.45) is 5.22 Å². The van der Waals surface area contributed by atoms with Gasteiger partial charge in [0.15, 0.2) is 5.82 Å². The van der Waals surface area contributed by atoms with Gasteiger partial charge in [-0.25, -0.2) is 10.4 Å². The Morgan fingerprint density at radius 2 is 2.20 bits per heavy atom. The first-order valence-corrected chi connectivity index (χ1v) is 4.89. The Hall–Kier alpha value is -1.67. The fourth-order valence-corrected chi connectivity index (χ4v) is 2.16. The fraction of sp³-hybridized carbons (Fsp3) is 0.333. The van der Waals surface area contributed by atoms with Gasteiger partial charge in [0.25, 0.3) is 0 Å². The van der Waals surface area contributed by atoms with Crippen LogP contribution < -0.4 is 5.43 Å². The summed E-state index contributed by atoms with van der Waals surface area (Å²) < 4.78 is 0. The Kier molecular flexibility index (Phi) is 2.52. The van der Waals surface area contributed by atoms with Crippen molar-refractivity contribution in [3.8, 4) is 6.07 Å². The van der Waals surface area contributed by atoms with E-state index in [9.17, 15) is 0 Å². The second kappa shape index (κ2) is 3.83. The zero-order valence-electron chi connectivity index (χ0n) is 7.84. The van der Waals surface area contributed by atoms with Crippen molar-refractivity contribution in [2.45, 2.75) is 19.3 Å². The number of aromatic nitrogens is 1. The van der Waals surface area contributed by atoms with Gasteiger partial charge < -0.3 is 0 Å². The highest BCUT2D eigenvalue weighted by Crippen LogP contribution is 2.33. The first-order valence-electron chi connectivity index (χ1n) is 4.51. The van der Waals surface area contributed by atoms with E-state index < -0.39 is 0 Å². The van der Waals surface area contributed by atoms with E-state index in [1.807, 2.05) is 0 Å². The van der Waals surface area contributed by atoms with E-state index in [0.29, 0.717) is 10.7 Å². The number of nitrogens with one attached hydrogen (secondary N) is 2. The van der Waals surface area contributed by atoms with E-state index in [1.54, 1.807) is 0 Å². The number of hydrogen-bond acceptors (Lipinski definition) is 4. The zero-order chi connectivity index (χ0) is 10.8. The molecule has 0 aliphatic heterocycles. The minimum Gasteiger partial charge on any atom is -0.242 e. The standard InChI is InChI=1S/C9H8ClN5/c10-8-6-3-1-2-5(6)7(4-11)9(13-8)14-15-12/h1-3H2,(H2,12,13,14). The van der Waals surface area contributed by atoms with Gasteiger partial charge in [-0.3, -0.25) is 0 Å². The van der Waals surface area contributed by atoms with Gasteiger partial charge in [-0.05, 0) is 30.4 Å². The molecule has 6 heteroatoms. The summed E-state index contributed by atoms with van der Waals surface area (Å²) >= 11 is 5.98. The van der Waals surface area contributed by atoms with Gasteiger partial charge in [0.1, 0.15) is 11.2 Å². The van der Waals surface area contributed by atoms with Crippen molar-refractivity contribution in [3.05, 3.63) is 21.8 Å². The van der Waals surface area contributed by atoms with Crippen LogP contribution in [0.25, 0.3) is 0 Å². The molecule has 0 atom stereocenters. The van der Waals surface area contributed by atoms with Crippen molar-refractivity contribution < 1.29 is 0 Å². The van der Waals surface area contributed by atoms with E-state index in [2.05, 4.69) is 21.7 Å². The molecule has 0 saturated heterocycles. The highest BCUT2D eigenvalue weighted by Gasteiger charge is 2.22. The third-order valence-electron chi connectivity index (χ3n) is 2.49. The highest BCUT2D eigenvalue weighted by molar-refractivity contribution is 6.30. The third kappa shape index (κ3) is 1.53. The van der Waals surface area contributed by atoms with Crippen LogP contribution >= 0.6 is 11.6 Å². The molecule has 0 saturated carbocycles. The first kappa shape index (κ1) is 9.87. The summed E-state index contributed by atoms with van der Waals surface area (Å²) in [6.07, 6.45) is 2.70. The zero-order valence-corrected chi connectivity index (χ0v) is 8.60. The van der Waals surface area contributed by atoms with E-state index in [4.69, 9.17) is 22.4 Å². The molecule has 1 aromatic heterocycles. The molecule has 0 fully saturated rings. The smallest absolute Gasteiger partial charge is 0.167 e. The van der Waals surface area contributed by atoms with Crippen molar-refractivity contribution in [3.63, 3.8) is 0 Å². The Labute approximate surface area is 91.6 Å². The van der Waals surface area contributed by atoms with Gasteiger partial charge in [0.2, 0.25) is 0 Å². The SMILES string of the molecule is N#Cc1c(NN=N)nc(Cl)c2c1CCC2. The molecule has 1 aromatic rings. The molecule has 1 heterocycles. The molecule has 2 rings (SSSR count). The van der Waals surface area contributed by atoms with E-state index in [0.717, 1.165) is 30.4 Å². The Morgan fingerprint density at radius 3 is 2.87 bits per heavy atom. The van der Waals surface area contributed by atoms with Crippen LogP contribution in [0.4, 0.5) is 5.82 Å². The second-order valence-electron chi connectivity index (χ2n) is 3.27. The average Bonchev–Trinajstić information content (AvgIpc) is 2.68. The van der Waals surface area contributed by atoms with Crippen LogP contribution in [0.5, 0.6) is 0 Å². The van der Waals surface area contributed by atoms with Crippen molar-refractivity contribution in [1.29, 1.82) is 10.8 Å². The molecule has 0 unspecified atom stereocenters. The van der Waals surface area contributed by atoms with Gasteiger partial charge in [-0.1, -0.05) is 16.8 Å². The molecule has 15 heavy (non-hydrogen) atoms. The van der Waals surface area contributed by atoms with Gasteiger partial charge in [-0.15, -0.1) is 0 Å². The normalized spacial score (nSPS) is 13.1. The molecule has 0 aromatic carbocycles. The molecule has 1 aliphatic rings. The van der Waals surface area contributed by atoms with Crippen LogP contribution in [-0.2, 0) is 12.8 Å². The molecule has 0 bridgehead atoms. The van der Waals surface area contributed by atoms with Crippen molar-refractivity contribution >= 4 is 17.4 Å². The van der Waals surface area contributed by atoms with Gasteiger partial charge >= 0.3 is 0 Å². The maximum absolute atomic E-state index is 9.02. The summed E-state index contributed by atoms with van der Waals surface area (Å²) in [5.74, 6) is 0.276. The number of nitrogens with zero attached hydrogens (tertiary/aromatic N) is 3. The first-order chi connectivity index (χ1) is 7.27. The molecular weight excluding hydrogens is 214 g/mol. The van der Waals surface area contributed by atoms with Crippen LogP contribution in [0.15, 0.2) is 5.22 Å². The summed E-state index contributed by atoms with van der Waals surface area (Å²) in [4.78, 5) is 4.02. The lowest BCUT2D eigenvalue weighted by atomic mass is 10.1. The second-order valence-corrected chi connectivity index (χ2v) is 3.63. The topological polar surface area (TPSA) is 84.9 Å². The lowest BCUT2D eigenvalue weighted by Crippen LogP contribution is -2.01. The van der Waals surface area contributed by atoms with Crippen LogP contribution in [0.1, 0.15) is 23.1 Å². The lowest BCUT2D eigenvalue weighted by molar-refractivity contribution is 0.910. The number of hydrogen-bond donors (Lipinski definition) is 2. The summed E-state index contributed by atoms with van der Waals surface area (Å²) in [5.41, 5.74) is 11.4. The average molecular weight is 222 g/mol. The fourth-order valence-electron chi connectivity index (χ4n) is 1.87. The van der Waals surface area contributed by atoms with Crippen LogP contribution in [0.2, 0.25) is 5.15 Å².